The first-order valence-electron chi connectivity index (χ1n) is 4.27. The first-order valence-corrected chi connectivity index (χ1v) is 4.27. The summed E-state index contributed by atoms with van der Waals surface area (Å²) in [6.07, 6.45) is 6.36. The standard InChI is InChI=1S/C9H15N/c1-2-9-7-8-3-5-10(9)6-4-8/h2,8-9H,1,3-7H2. The molecule has 1 heteroatoms. The molecule has 3 heterocycles. The molecule has 0 N–H and O–H groups in total. The van der Waals surface area contributed by atoms with Gasteiger partial charge in [-0.15, -0.1) is 6.58 Å². The molecular weight excluding hydrogens is 122 g/mol. The maximum absolute atomic E-state index is 3.86. The SMILES string of the molecule is C=CC1CC2CCN1CC2. The van der Waals surface area contributed by atoms with Crippen molar-refractivity contribution in [2.24, 2.45) is 5.92 Å². The van der Waals surface area contributed by atoms with Crippen molar-refractivity contribution in [3.8, 4) is 0 Å². The number of nitrogens with zero attached hydrogens (tertiary/aromatic N) is 1. The first-order chi connectivity index (χ1) is 4.90. The van der Waals surface area contributed by atoms with Crippen LogP contribution in [0.2, 0.25) is 0 Å². The lowest BCUT2D eigenvalue weighted by atomic mass is 9.83. The van der Waals surface area contributed by atoms with E-state index in [1.54, 1.807) is 0 Å². The van der Waals surface area contributed by atoms with Gasteiger partial charge in [0.05, 0.1) is 0 Å². The van der Waals surface area contributed by atoms with Gasteiger partial charge in [-0.2, -0.15) is 0 Å². The molecular formula is C9H15N. The molecule has 3 aliphatic heterocycles. The third-order valence-electron chi connectivity index (χ3n) is 2.97. The van der Waals surface area contributed by atoms with Crippen LogP contribution in [0.1, 0.15) is 19.3 Å². The molecule has 0 radical (unpaired) electrons. The Balaban J connectivity index is 2.07. The monoisotopic (exact) mass is 137 g/mol. The Morgan fingerprint density at radius 3 is 2.30 bits per heavy atom. The molecule has 1 unspecified atom stereocenters. The second-order valence-corrected chi connectivity index (χ2v) is 3.52. The minimum absolute atomic E-state index is 0.715. The van der Waals surface area contributed by atoms with E-state index < -0.39 is 0 Å². The highest BCUT2D eigenvalue weighted by molar-refractivity contribution is 4.96. The third kappa shape index (κ3) is 0.891. The highest BCUT2D eigenvalue weighted by atomic mass is 15.2. The van der Waals surface area contributed by atoms with Crippen molar-refractivity contribution in [1.29, 1.82) is 0 Å². The molecule has 0 aromatic carbocycles. The van der Waals surface area contributed by atoms with E-state index in [1.165, 1.54) is 32.4 Å². The largest absolute Gasteiger partial charge is 0.297 e. The van der Waals surface area contributed by atoms with E-state index in [0.29, 0.717) is 6.04 Å². The average Bonchev–Trinajstić information content (AvgIpc) is 2.06. The maximum atomic E-state index is 3.86. The van der Waals surface area contributed by atoms with Crippen LogP contribution in [-0.4, -0.2) is 24.0 Å². The van der Waals surface area contributed by atoms with Crippen LogP contribution in [0.3, 0.4) is 0 Å². The zero-order valence-corrected chi connectivity index (χ0v) is 6.42. The lowest BCUT2D eigenvalue weighted by Crippen LogP contribution is -2.47. The van der Waals surface area contributed by atoms with Crippen molar-refractivity contribution in [1.82, 2.24) is 4.90 Å². The number of rotatable bonds is 1. The van der Waals surface area contributed by atoms with Gasteiger partial charge in [0.15, 0.2) is 0 Å². The van der Waals surface area contributed by atoms with Crippen LogP contribution in [0.4, 0.5) is 0 Å². The van der Waals surface area contributed by atoms with E-state index in [2.05, 4.69) is 17.6 Å². The second-order valence-electron chi connectivity index (χ2n) is 3.52. The van der Waals surface area contributed by atoms with Gasteiger partial charge in [-0.25, -0.2) is 0 Å². The van der Waals surface area contributed by atoms with E-state index in [1.807, 2.05) is 0 Å². The molecule has 0 saturated carbocycles. The Kier molecular flexibility index (Phi) is 1.53. The Morgan fingerprint density at radius 2 is 2.00 bits per heavy atom. The zero-order chi connectivity index (χ0) is 6.97. The van der Waals surface area contributed by atoms with Crippen molar-refractivity contribution in [2.75, 3.05) is 13.1 Å². The summed E-state index contributed by atoms with van der Waals surface area (Å²) in [5, 5.41) is 0. The van der Waals surface area contributed by atoms with Crippen LogP contribution in [0.25, 0.3) is 0 Å². The Hall–Kier alpha value is -0.300. The molecule has 3 rings (SSSR count). The molecule has 3 fully saturated rings. The zero-order valence-electron chi connectivity index (χ0n) is 6.42. The quantitative estimate of drug-likeness (QED) is 0.497. The molecule has 56 valence electrons. The van der Waals surface area contributed by atoms with E-state index in [-0.39, 0.29) is 0 Å². The molecule has 0 aromatic heterocycles. The number of hydrogen-bond acceptors (Lipinski definition) is 1. The predicted octanol–water partition coefficient (Wildman–Crippen LogP) is 1.66. The summed E-state index contributed by atoms with van der Waals surface area (Å²) in [6, 6.07) is 0.715. The van der Waals surface area contributed by atoms with E-state index in [4.69, 9.17) is 0 Å². The van der Waals surface area contributed by atoms with Crippen molar-refractivity contribution in [3.63, 3.8) is 0 Å². The van der Waals surface area contributed by atoms with Gasteiger partial charge < -0.3 is 0 Å². The summed E-state index contributed by atoms with van der Waals surface area (Å²) in [5.74, 6) is 1.02. The predicted molar refractivity (Wildman–Crippen MR) is 42.9 cm³/mol. The summed E-state index contributed by atoms with van der Waals surface area (Å²) in [7, 11) is 0. The van der Waals surface area contributed by atoms with Crippen molar-refractivity contribution in [2.45, 2.75) is 25.3 Å². The van der Waals surface area contributed by atoms with Gasteiger partial charge in [0.1, 0.15) is 0 Å². The summed E-state index contributed by atoms with van der Waals surface area (Å²) < 4.78 is 0. The first kappa shape index (κ1) is 6.41. The smallest absolute Gasteiger partial charge is 0.0278 e. The molecule has 0 spiro atoms. The van der Waals surface area contributed by atoms with Crippen molar-refractivity contribution >= 4 is 0 Å². The minimum atomic E-state index is 0.715. The average molecular weight is 137 g/mol. The molecule has 0 aromatic rings. The number of hydrogen-bond donors (Lipinski definition) is 0. The fourth-order valence-electron chi connectivity index (χ4n) is 2.26. The molecule has 2 bridgehead atoms. The van der Waals surface area contributed by atoms with Gasteiger partial charge in [-0.05, 0) is 38.3 Å². The van der Waals surface area contributed by atoms with Gasteiger partial charge in [-0.3, -0.25) is 4.90 Å². The molecule has 0 aliphatic carbocycles. The molecule has 1 atom stereocenters. The van der Waals surface area contributed by atoms with Gasteiger partial charge in [0.25, 0.3) is 0 Å². The van der Waals surface area contributed by atoms with E-state index in [9.17, 15) is 0 Å². The van der Waals surface area contributed by atoms with Gasteiger partial charge in [-0.1, -0.05) is 6.08 Å². The van der Waals surface area contributed by atoms with Gasteiger partial charge in [0, 0.05) is 6.04 Å². The van der Waals surface area contributed by atoms with Crippen LogP contribution in [0.5, 0.6) is 0 Å². The molecule has 1 nitrogen and oxygen atoms in total. The fourth-order valence-corrected chi connectivity index (χ4v) is 2.26. The highest BCUT2D eigenvalue weighted by Gasteiger charge is 2.31. The van der Waals surface area contributed by atoms with Crippen LogP contribution in [0, 0.1) is 5.92 Å². The van der Waals surface area contributed by atoms with Crippen LogP contribution >= 0.6 is 0 Å². The molecule has 3 saturated heterocycles. The fraction of sp³-hybridized carbons (Fsp3) is 0.778. The lowest BCUT2D eigenvalue weighted by Gasteiger charge is -2.44. The van der Waals surface area contributed by atoms with Crippen LogP contribution in [0.15, 0.2) is 12.7 Å². The van der Waals surface area contributed by atoms with Gasteiger partial charge >= 0.3 is 0 Å². The summed E-state index contributed by atoms with van der Waals surface area (Å²) in [4.78, 5) is 2.56. The number of fused-ring (bicyclic) bond motifs is 3. The normalized spacial score (nSPS) is 45.4. The Bertz CT molecular complexity index is 134. The molecule has 0 amide bonds. The summed E-state index contributed by atoms with van der Waals surface area (Å²) in [6.45, 7) is 6.50. The Morgan fingerprint density at radius 1 is 1.30 bits per heavy atom. The lowest BCUT2D eigenvalue weighted by molar-refractivity contribution is 0.0738. The molecule has 3 aliphatic rings. The highest BCUT2D eigenvalue weighted by Crippen LogP contribution is 2.31. The van der Waals surface area contributed by atoms with Gasteiger partial charge in [0.2, 0.25) is 0 Å². The van der Waals surface area contributed by atoms with E-state index in [0.717, 1.165) is 5.92 Å². The third-order valence-corrected chi connectivity index (χ3v) is 2.97. The Labute approximate surface area is 62.7 Å². The molecule has 10 heavy (non-hydrogen) atoms. The summed E-state index contributed by atoms with van der Waals surface area (Å²) >= 11 is 0. The maximum Gasteiger partial charge on any atom is 0.0278 e. The number of piperidine rings is 3. The minimum Gasteiger partial charge on any atom is -0.297 e. The van der Waals surface area contributed by atoms with Crippen molar-refractivity contribution in [3.05, 3.63) is 12.7 Å². The van der Waals surface area contributed by atoms with Crippen molar-refractivity contribution < 1.29 is 0 Å². The summed E-state index contributed by atoms with van der Waals surface area (Å²) in [5.41, 5.74) is 0. The second kappa shape index (κ2) is 2.39. The van der Waals surface area contributed by atoms with Crippen LogP contribution in [-0.2, 0) is 0 Å². The van der Waals surface area contributed by atoms with E-state index >= 15 is 0 Å². The topological polar surface area (TPSA) is 3.24 Å². The van der Waals surface area contributed by atoms with Crippen LogP contribution < -0.4 is 0 Å².